The van der Waals surface area contributed by atoms with Crippen LogP contribution in [-0.4, -0.2) is 30.9 Å². The molecular formula is C20H15Cl2F3N2O4. The summed E-state index contributed by atoms with van der Waals surface area (Å²) in [5.41, 5.74) is -0.794. The lowest BCUT2D eigenvalue weighted by atomic mass is 10.1. The second-order valence-corrected chi connectivity index (χ2v) is 7.52. The van der Waals surface area contributed by atoms with Crippen LogP contribution in [-0.2, 0) is 25.3 Å². The van der Waals surface area contributed by atoms with E-state index in [-0.39, 0.29) is 24.6 Å². The van der Waals surface area contributed by atoms with Gasteiger partial charge in [-0.25, -0.2) is 0 Å². The van der Waals surface area contributed by atoms with Gasteiger partial charge in [0.2, 0.25) is 5.91 Å². The minimum atomic E-state index is -4.69. The standard InChI is InChI=1S/C20H15Cl2F3N2O4/c21-14-6-5-12(8-13(14)20(23,24)25)26-17(28)10-31-19(30)11-7-18(29)27(9-11)16-4-2-1-3-15(16)22/h1-6,8,11H,7,9-10H2,(H,26,28)/t11-/m0/s1. The van der Waals surface area contributed by atoms with Crippen molar-refractivity contribution in [2.24, 2.45) is 5.92 Å². The molecular weight excluding hydrogens is 460 g/mol. The largest absolute Gasteiger partial charge is 0.455 e. The third-order valence-electron chi connectivity index (χ3n) is 4.50. The predicted octanol–water partition coefficient (Wildman–Crippen LogP) is 4.55. The van der Waals surface area contributed by atoms with E-state index in [9.17, 15) is 27.6 Å². The highest BCUT2D eigenvalue weighted by molar-refractivity contribution is 6.34. The Bertz CT molecular complexity index is 1030. The molecule has 1 saturated heterocycles. The van der Waals surface area contributed by atoms with Crippen molar-refractivity contribution in [3.8, 4) is 0 Å². The summed E-state index contributed by atoms with van der Waals surface area (Å²) in [6, 6.07) is 9.53. The number of para-hydroxylation sites is 1. The number of ether oxygens (including phenoxy) is 1. The lowest BCUT2D eigenvalue weighted by molar-refractivity contribution is -0.151. The highest BCUT2D eigenvalue weighted by atomic mass is 35.5. The first-order chi connectivity index (χ1) is 14.6. The van der Waals surface area contributed by atoms with Crippen LogP contribution in [0.3, 0.4) is 0 Å². The number of carbonyl (C=O) groups is 3. The predicted molar refractivity (Wildman–Crippen MR) is 108 cm³/mol. The highest BCUT2D eigenvalue weighted by Gasteiger charge is 2.37. The Morgan fingerprint density at radius 3 is 2.52 bits per heavy atom. The van der Waals surface area contributed by atoms with E-state index in [1.165, 1.54) is 11.0 Å². The summed E-state index contributed by atoms with van der Waals surface area (Å²) < 4.78 is 43.6. The molecule has 1 atom stereocenters. The number of rotatable bonds is 5. The molecule has 1 aliphatic rings. The first-order valence-corrected chi connectivity index (χ1v) is 9.70. The SMILES string of the molecule is O=C(COC(=O)[C@H]1CC(=O)N(c2ccccc2Cl)C1)Nc1ccc(Cl)c(C(F)(F)F)c1. The van der Waals surface area contributed by atoms with Crippen LogP contribution in [0.15, 0.2) is 42.5 Å². The normalized spacial score (nSPS) is 16.4. The fourth-order valence-electron chi connectivity index (χ4n) is 3.04. The zero-order valence-electron chi connectivity index (χ0n) is 15.7. The molecule has 2 aromatic carbocycles. The van der Waals surface area contributed by atoms with Gasteiger partial charge in [-0.3, -0.25) is 14.4 Å². The number of nitrogens with one attached hydrogen (secondary N) is 1. The van der Waals surface area contributed by atoms with Gasteiger partial charge in [0, 0.05) is 18.7 Å². The zero-order valence-corrected chi connectivity index (χ0v) is 17.2. The van der Waals surface area contributed by atoms with Crippen molar-refractivity contribution < 1.29 is 32.3 Å². The fourth-order valence-corrected chi connectivity index (χ4v) is 3.50. The maximum absolute atomic E-state index is 12.9. The number of anilines is 2. The van der Waals surface area contributed by atoms with E-state index in [1.807, 2.05) is 0 Å². The number of amides is 2. The van der Waals surface area contributed by atoms with Crippen LogP contribution in [0.4, 0.5) is 24.5 Å². The Hall–Kier alpha value is -2.78. The number of nitrogens with zero attached hydrogens (tertiary/aromatic N) is 1. The monoisotopic (exact) mass is 474 g/mol. The van der Waals surface area contributed by atoms with Crippen LogP contribution < -0.4 is 10.2 Å². The fraction of sp³-hybridized carbons (Fsp3) is 0.250. The molecule has 1 N–H and O–H groups in total. The summed E-state index contributed by atoms with van der Waals surface area (Å²) in [5, 5.41) is 2.05. The number of benzene rings is 2. The molecule has 1 heterocycles. The van der Waals surface area contributed by atoms with E-state index < -0.39 is 41.2 Å². The van der Waals surface area contributed by atoms with Gasteiger partial charge in [-0.05, 0) is 30.3 Å². The van der Waals surface area contributed by atoms with Crippen LogP contribution >= 0.6 is 23.2 Å². The molecule has 0 radical (unpaired) electrons. The van der Waals surface area contributed by atoms with Crippen LogP contribution in [0.2, 0.25) is 10.0 Å². The molecule has 164 valence electrons. The van der Waals surface area contributed by atoms with Gasteiger partial charge in [-0.15, -0.1) is 0 Å². The average Bonchev–Trinajstić information content (AvgIpc) is 3.08. The summed E-state index contributed by atoms with van der Waals surface area (Å²) in [5.74, 6) is -2.73. The van der Waals surface area contributed by atoms with Gasteiger partial charge in [0.05, 0.1) is 27.2 Å². The number of halogens is 5. The van der Waals surface area contributed by atoms with Gasteiger partial charge in [0.15, 0.2) is 6.61 Å². The van der Waals surface area contributed by atoms with Gasteiger partial charge in [-0.2, -0.15) is 13.2 Å². The Balaban J connectivity index is 1.56. The smallest absolute Gasteiger partial charge is 0.417 e. The number of hydrogen-bond acceptors (Lipinski definition) is 4. The molecule has 0 aliphatic carbocycles. The van der Waals surface area contributed by atoms with E-state index in [1.54, 1.807) is 24.3 Å². The lowest BCUT2D eigenvalue weighted by Crippen LogP contribution is -2.28. The van der Waals surface area contributed by atoms with Gasteiger partial charge in [0.1, 0.15) is 0 Å². The molecule has 0 saturated carbocycles. The molecule has 2 aromatic rings. The van der Waals surface area contributed by atoms with Gasteiger partial charge in [-0.1, -0.05) is 35.3 Å². The topological polar surface area (TPSA) is 75.7 Å². The van der Waals surface area contributed by atoms with Crippen molar-refractivity contribution >= 4 is 52.4 Å². The van der Waals surface area contributed by atoms with E-state index >= 15 is 0 Å². The summed E-state index contributed by atoms with van der Waals surface area (Å²) in [4.78, 5) is 37.8. The molecule has 1 fully saturated rings. The summed E-state index contributed by atoms with van der Waals surface area (Å²) >= 11 is 11.6. The Labute approximate surface area is 184 Å². The Morgan fingerprint density at radius 1 is 1.13 bits per heavy atom. The average molecular weight is 475 g/mol. The summed E-state index contributed by atoms with van der Waals surface area (Å²) in [6.07, 6.45) is -4.80. The number of hydrogen-bond donors (Lipinski definition) is 1. The van der Waals surface area contributed by atoms with Crippen LogP contribution in [0, 0.1) is 5.92 Å². The molecule has 3 rings (SSSR count). The van der Waals surface area contributed by atoms with Gasteiger partial charge < -0.3 is 15.0 Å². The molecule has 0 aromatic heterocycles. The number of esters is 1. The van der Waals surface area contributed by atoms with Crippen LogP contribution in [0.5, 0.6) is 0 Å². The molecule has 6 nitrogen and oxygen atoms in total. The van der Waals surface area contributed by atoms with Gasteiger partial charge >= 0.3 is 12.1 Å². The van der Waals surface area contributed by atoms with Crippen molar-refractivity contribution in [1.29, 1.82) is 0 Å². The highest BCUT2D eigenvalue weighted by Crippen LogP contribution is 2.36. The quantitative estimate of drug-likeness (QED) is 0.645. The third-order valence-corrected chi connectivity index (χ3v) is 5.15. The molecule has 31 heavy (non-hydrogen) atoms. The van der Waals surface area contributed by atoms with Crippen molar-refractivity contribution in [2.75, 3.05) is 23.4 Å². The van der Waals surface area contributed by atoms with Crippen molar-refractivity contribution in [2.45, 2.75) is 12.6 Å². The van der Waals surface area contributed by atoms with E-state index in [0.717, 1.165) is 6.07 Å². The van der Waals surface area contributed by atoms with Crippen LogP contribution in [0.25, 0.3) is 0 Å². The minimum Gasteiger partial charge on any atom is -0.455 e. The maximum Gasteiger partial charge on any atom is 0.417 e. The second kappa shape index (κ2) is 9.15. The molecule has 2 amide bonds. The number of alkyl halides is 3. The Morgan fingerprint density at radius 2 is 1.84 bits per heavy atom. The third kappa shape index (κ3) is 5.48. The van der Waals surface area contributed by atoms with E-state index in [2.05, 4.69) is 5.32 Å². The first-order valence-electron chi connectivity index (χ1n) is 8.94. The van der Waals surface area contributed by atoms with Crippen molar-refractivity contribution in [3.63, 3.8) is 0 Å². The molecule has 0 spiro atoms. The lowest BCUT2D eigenvalue weighted by Gasteiger charge is -2.17. The number of carbonyl (C=O) groups excluding carboxylic acids is 3. The zero-order chi connectivity index (χ0) is 22.8. The van der Waals surface area contributed by atoms with Gasteiger partial charge in [0.25, 0.3) is 5.91 Å². The molecule has 11 heteroatoms. The summed E-state index contributed by atoms with van der Waals surface area (Å²) in [7, 11) is 0. The maximum atomic E-state index is 12.9. The second-order valence-electron chi connectivity index (χ2n) is 6.71. The van der Waals surface area contributed by atoms with Crippen LogP contribution in [0.1, 0.15) is 12.0 Å². The molecule has 0 unspecified atom stereocenters. The minimum absolute atomic E-state index is 0.0369. The summed E-state index contributed by atoms with van der Waals surface area (Å²) in [6.45, 7) is -0.686. The molecule has 0 bridgehead atoms. The van der Waals surface area contributed by atoms with Crippen molar-refractivity contribution in [1.82, 2.24) is 0 Å². The van der Waals surface area contributed by atoms with E-state index in [4.69, 9.17) is 27.9 Å². The first kappa shape index (κ1) is 22.9. The van der Waals surface area contributed by atoms with Crippen molar-refractivity contribution in [3.05, 3.63) is 58.1 Å². The molecule has 1 aliphatic heterocycles. The Kier molecular flexibility index (Phi) is 6.76. The van der Waals surface area contributed by atoms with E-state index in [0.29, 0.717) is 16.8 Å².